The molecule has 0 aliphatic rings. The maximum Gasteiger partial charge on any atom is 0.270 e. The Balaban J connectivity index is 1.79. The molecule has 0 spiro atoms. The number of hydrogen-bond acceptors (Lipinski definition) is 3. The summed E-state index contributed by atoms with van der Waals surface area (Å²) >= 11 is 0. The van der Waals surface area contributed by atoms with Gasteiger partial charge in [0.15, 0.2) is 0 Å². The lowest BCUT2D eigenvalue weighted by molar-refractivity contribution is 0.0771. The van der Waals surface area contributed by atoms with Crippen molar-refractivity contribution in [2.75, 3.05) is 20.8 Å². The number of carbonyl (C=O) groups excluding carboxylic acids is 1. The maximum absolute atomic E-state index is 13.3. The first-order chi connectivity index (χ1) is 13.6. The van der Waals surface area contributed by atoms with Gasteiger partial charge >= 0.3 is 0 Å². The lowest BCUT2D eigenvalue weighted by Crippen LogP contribution is -2.29. The maximum atomic E-state index is 13.3. The largest absolute Gasteiger partial charge is 0.383 e. The first kappa shape index (κ1) is 18.3. The van der Waals surface area contributed by atoms with E-state index < -0.39 is 0 Å². The number of amides is 1. The van der Waals surface area contributed by atoms with Crippen molar-refractivity contribution < 1.29 is 9.53 Å². The van der Waals surface area contributed by atoms with Crippen LogP contribution in [0, 0.1) is 0 Å². The second-order valence-corrected chi connectivity index (χ2v) is 6.97. The molecule has 3 aromatic heterocycles. The van der Waals surface area contributed by atoms with Crippen LogP contribution in [0.3, 0.4) is 0 Å². The van der Waals surface area contributed by atoms with Gasteiger partial charge in [0.25, 0.3) is 5.91 Å². The first-order valence-electron chi connectivity index (χ1n) is 9.32. The Morgan fingerprint density at radius 2 is 1.93 bits per heavy atom. The minimum absolute atomic E-state index is 0.0259. The molecule has 0 N–H and O–H groups in total. The van der Waals surface area contributed by atoms with Crippen LogP contribution in [0.25, 0.3) is 21.9 Å². The first-order valence-corrected chi connectivity index (χ1v) is 9.32. The quantitative estimate of drug-likeness (QED) is 0.518. The van der Waals surface area contributed by atoms with Crippen LogP contribution in [0.1, 0.15) is 16.2 Å². The van der Waals surface area contributed by atoms with Crippen LogP contribution in [-0.4, -0.2) is 45.7 Å². The van der Waals surface area contributed by atoms with Gasteiger partial charge in [0.05, 0.1) is 35.4 Å². The SMILES string of the molecule is COCCn1c(C(=O)N(C)Cc2ccccn2)cc2c1c1ccccc1n2C. The summed E-state index contributed by atoms with van der Waals surface area (Å²) in [7, 11) is 5.53. The molecule has 0 unspecified atom stereocenters. The molecule has 0 saturated carbocycles. The summed E-state index contributed by atoms with van der Waals surface area (Å²) in [5, 5.41) is 1.14. The number of hydrogen-bond donors (Lipinski definition) is 0. The Morgan fingerprint density at radius 3 is 2.68 bits per heavy atom. The molecule has 0 aliphatic heterocycles. The summed E-state index contributed by atoms with van der Waals surface area (Å²) in [6, 6.07) is 16.0. The van der Waals surface area contributed by atoms with Crippen molar-refractivity contribution in [2.45, 2.75) is 13.1 Å². The molecule has 1 amide bonds. The molecule has 6 heteroatoms. The predicted molar refractivity (Wildman–Crippen MR) is 110 cm³/mol. The van der Waals surface area contributed by atoms with Gasteiger partial charge in [0.2, 0.25) is 0 Å². The van der Waals surface area contributed by atoms with Gasteiger partial charge in [0.1, 0.15) is 5.69 Å². The van der Waals surface area contributed by atoms with Crippen LogP contribution in [0.15, 0.2) is 54.7 Å². The minimum Gasteiger partial charge on any atom is -0.383 e. The van der Waals surface area contributed by atoms with Crippen molar-refractivity contribution in [1.29, 1.82) is 0 Å². The second kappa shape index (κ2) is 7.48. The molecule has 4 rings (SSSR count). The third kappa shape index (κ3) is 3.05. The van der Waals surface area contributed by atoms with E-state index in [2.05, 4.69) is 26.3 Å². The zero-order valence-electron chi connectivity index (χ0n) is 16.4. The van der Waals surface area contributed by atoms with Crippen molar-refractivity contribution in [3.63, 3.8) is 0 Å². The van der Waals surface area contributed by atoms with Crippen molar-refractivity contribution in [3.05, 3.63) is 66.1 Å². The molecule has 0 fully saturated rings. The molecule has 1 aromatic carbocycles. The van der Waals surface area contributed by atoms with Crippen molar-refractivity contribution in [3.8, 4) is 0 Å². The second-order valence-electron chi connectivity index (χ2n) is 6.97. The summed E-state index contributed by atoms with van der Waals surface area (Å²) in [6.45, 7) is 1.62. The van der Waals surface area contributed by atoms with Crippen LogP contribution in [0.2, 0.25) is 0 Å². The highest BCUT2D eigenvalue weighted by Crippen LogP contribution is 2.31. The van der Waals surface area contributed by atoms with Crippen molar-refractivity contribution in [2.24, 2.45) is 7.05 Å². The van der Waals surface area contributed by atoms with E-state index in [0.29, 0.717) is 25.4 Å². The van der Waals surface area contributed by atoms with Gasteiger partial charge in [-0.1, -0.05) is 24.3 Å². The Hall–Kier alpha value is -3.12. The van der Waals surface area contributed by atoms with E-state index in [1.807, 2.05) is 50.5 Å². The molecule has 144 valence electrons. The molecule has 28 heavy (non-hydrogen) atoms. The third-order valence-corrected chi connectivity index (χ3v) is 5.17. The molecule has 6 nitrogen and oxygen atoms in total. The molecule has 0 atom stereocenters. The number of fused-ring (bicyclic) bond motifs is 3. The van der Waals surface area contributed by atoms with Gasteiger partial charge in [-0.25, -0.2) is 0 Å². The Morgan fingerprint density at radius 1 is 1.14 bits per heavy atom. The van der Waals surface area contributed by atoms with Crippen molar-refractivity contribution >= 4 is 27.8 Å². The summed E-state index contributed by atoms with van der Waals surface area (Å²) in [5.74, 6) is -0.0259. The zero-order chi connectivity index (χ0) is 19.7. The molecule has 4 aromatic rings. The normalized spacial score (nSPS) is 11.4. The van der Waals surface area contributed by atoms with Gasteiger partial charge in [-0.15, -0.1) is 0 Å². The van der Waals surface area contributed by atoms with E-state index in [0.717, 1.165) is 27.6 Å². The lowest BCUT2D eigenvalue weighted by atomic mass is 10.2. The fraction of sp³-hybridized carbons (Fsp3) is 0.273. The number of aromatic nitrogens is 3. The lowest BCUT2D eigenvalue weighted by Gasteiger charge is -2.18. The zero-order valence-corrected chi connectivity index (χ0v) is 16.4. The number of benzene rings is 1. The average molecular weight is 376 g/mol. The Bertz CT molecular complexity index is 1130. The molecule has 0 bridgehead atoms. The number of ether oxygens (including phenoxy) is 1. The fourth-order valence-electron chi connectivity index (χ4n) is 3.76. The van der Waals surface area contributed by atoms with E-state index in [9.17, 15) is 4.79 Å². The third-order valence-electron chi connectivity index (χ3n) is 5.17. The highest BCUT2D eigenvalue weighted by atomic mass is 16.5. The predicted octanol–water partition coefficient (Wildman–Crippen LogP) is 3.45. The van der Waals surface area contributed by atoms with Crippen molar-refractivity contribution in [1.82, 2.24) is 19.0 Å². The summed E-state index contributed by atoms with van der Waals surface area (Å²) in [4.78, 5) is 19.3. The van der Waals surface area contributed by atoms with Gasteiger partial charge in [0, 0.05) is 39.3 Å². The molecule has 3 heterocycles. The number of pyridine rings is 1. The van der Waals surface area contributed by atoms with E-state index in [4.69, 9.17) is 4.74 Å². The van der Waals surface area contributed by atoms with Gasteiger partial charge < -0.3 is 18.8 Å². The van der Waals surface area contributed by atoms with Gasteiger partial charge in [-0.2, -0.15) is 0 Å². The number of rotatable bonds is 6. The summed E-state index contributed by atoms with van der Waals surface area (Å²) in [5.41, 5.74) is 4.81. The van der Waals surface area contributed by atoms with E-state index in [1.54, 1.807) is 18.2 Å². The number of nitrogens with zero attached hydrogens (tertiary/aromatic N) is 4. The van der Waals surface area contributed by atoms with Crippen LogP contribution in [0.5, 0.6) is 0 Å². The van der Waals surface area contributed by atoms with E-state index in [-0.39, 0.29) is 5.91 Å². The monoisotopic (exact) mass is 376 g/mol. The average Bonchev–Trinajstić information content (AvgIpc) is 3.23. The standard InChI is InChI=1S/C22H24N4O2/c1-24(15-16-8-6-7-11-23-16)22(27)20-14-19-21(26(20)12-13-28-3)17-9-4-5-10-18(17)25(19)2/h4-11,14H,12-13,15H2,1-3H3. The summed E-state index contributed by atoms with van der Waals surface area (Å²) < 4.78 is 9.54. The number of methoxy groups -OCH3 is 1. The highest BCUT2D eigenvalue weighted by molar-refractivity contribution is 6.10. The minimum atomic E-state index is -0.0259. The van der Waals surface area contributed by atoms with E-state index in [1.165, 1.54) is 0 Å². The molecule has 0 saturated heterocycles. The Kier molecular flexibility index (Phi) is 4.88. The number of para-hydroxylation sites is 1. The summed E-state index contributed by atoms with van der Waals surface area (Å²) in [6.07, 6.45) is 1.75. The molecular weight excluding hydrogens is 352 g/mol. The van der Waals surface area contributed by atoms with Crippen LogP contribution in [0.4, 0.5) is 0 Å². The van der Waals surface area contributed by atoms with E-state index >= 15 is 0 Å². The van der Waals surface area contributed by atoms with Gasteiger partial charge in [-0.3, -0.25) is 9.78 Å². The number of carbonyl (C=O) groups is 1. The van der Waals surface area contributed by atoms with Crippen LogP contribution < -0.4 is 0 Å². The highest BCUT2D eigenvalue weighted by Gasteiger charge is 2.23. The Labute approximate surface area is 163 Å². The number of aryl methyl sites for hydroxylation is 1. The topological polar surface area (TPSA) is 52.3 Å². The smallest absolute Gasteiger partial charge is 0.270 e. The van der Waals surface area contributed by atoms with Crippen LogP contribution >= 0.6 is 0 Å². The van der Waals surface area contributed by atoms with Gasteiger partial charge in [-0.05, 0) is 24.3 Å². The van der Waals surface area contributed by atoms with Crippen LogP contribution in [-0.2, 0) is 24.9 Å². The molecule has 0 aliphatic carbocycles. The fourth-order valence-corrected chi connectivity index (χ4v) is 3.76. The molecular formula is C22H24N4O2. The molecule has 0 radical (unpaired) electrons.